The summed E-state index contributed by atoms with van der Waals surface area (Å²) < 4.78 is 18.4. The second-order valence-corrected chi connectivity index (χ2v) is 7.33. The summed E-state index contributed by atoms with van der Waals surface area (Å²) in [4.78, 5) is 24.9. The summed E-state index contributed by atoms with van der Waals surface area (Å²) >= 11 is 0. The number of aryl methyl sites for hydroxylation is 1. The topological polar surface area (TPSA) is 91.7 Å². The van der Waals surface area contributed by atoms with Crippen LogP contribution >= 0.6 is 0 Å². The molecule has 0 saturated carbocycles. The molecule has 3 rings (SSSR count). The van der Waals surface area contributed by atoms with E-state index >= 15 is 0 Å². The molecule has 0 bridgehead atoms. The number of allylic oxidation sites excluding steroid dienone is 1. The highest BCUT2D eigenvalue weighted by Crippen LogP contribution is 2.29. The van der Waals surface area contributed by atoms with Crippen LogP contribution in [0.4, 0.5) is 5.69 Å². The Morgan fingerprint density at radius 2 is 1.85 bits per heavy atom. The predicted octanol–water partition coefficient (Wildman–Crippen LogP) is 4.53. The van der Waals surface area contributed by atoms with Crippen LogP contribution in [0.3, 0.4) is 0 Å². The number of aromatic nitrogens is 2. The molecule has 1 N–H and O–H groups in total. The van der Waals surface area contributed by atoms with Crippen LogP contribution in [-0.4, -0.2) is 41.8 Å². The highest BCUT2D eigenvalue weighted by molar-refractivity contribution is 6.07. The zero-order chi connectivity index (χ0) is 24.5. The summed E-state index contributed by atoms with van der Waals surface area (Å²) in [5.41, 5.74) is 2.74. The number of nitrogens with zero attached hydrogens (tertiary/aromatic N) is 2. The summed E-state index contributed by atoms with van der Waals surface area (Å²) in [6, 6.07) is 12.4. The molecule has 0 unspecified atom stereocenters. The molecule has 8 heteroatoms. The first-order chi connectivity index (χ1) is 16.5. The van der Waals surface area contributed by atoms with E-state index in [2.05, 4.69) is 10.4 Å². The van der Waals surface area contributed by atoms with Gasteiger partial charge in [0.15, 0.2) is 23.9 Å². The molecule has 0 aliphatic heterocycles. The van der Waals surface area contributed by atoms with E-state index in [0.717, 1.165) is 11.3 Å². The maximum absolute atomic E-state index is 12.6. The number of anilines is 1. The number of methoxy groups -OCH3 is 1. The van der Waals surface area contributed by atoms with Gasteiger partial charge in [0.25, 0.3) is 5.91 Å². The Kier molecular flexibility index (Phi) is 8.45. The van der Waals surface area contributed by atoms with Crippen LogP contribution in [0.2, 0.25) is 0 Å². The van der Waals surface area contributed by atoms with Crippen molar-refractivity contribution in [3.63, 3.8) is 0 Å². The van der Waals surface area contributed by atoms with Crippen molar-refractivity contribution in [2.24, 2.45) is 0 Å². The van der Waals surface area contributed by atoms with Gasteiger partial charge in [-0.05, 0) is 56.7 Å². The van der Waals surface area contributed by atoms with Crippen molar-refractivity contribution in [3.05, 3.63) is 71.6 Å². The first-order valence-electron chi connectivity index (χ1n) is 11.0. The normalized spacial score (nSPS) is 10.8. The first kappa shape index (κ1) is 24.6. The minimum absolute atomic E-state index is 0.122. The Labute approximate surface area is 199 Å². The van der Waals surface area contributed by atoms with Gasteiger partial charge in [-0.3, -0.25) is 14.3 Å². The molecule has 0 atom stereocenters. The molecule has 1 amide bonds. The lowest BCUT2D eigenvalue weighted by molar-refractivity contribution is -0.118. The highest BCUT2D eigenvalue weighted by Gasteiger charge is 2.13. The molecule has 0 radical (unpaired) electrons. The molecular formula is C26H29N3O5. The number of hydrogen-bond donors (Lipinski definition) is 1. The number of carbonyl (C=O) groups is 2. The Morgan fingerprint density at radius 3 is 2.56 bits per heavy atom. The summed E-state index contributed by atoms with van der Waals surface area (Å²) in [7, 11) is 1.54. The van der Waals surface area contributed by atoms with Gasteiger partial charge in [-0.25, -0.2) is 0 Å². The van der Waals surface area contributed by atoms with Crippen molar-refractivity contribution in [1.82, 2.24) is 9.78 Å². The highest BCUT2D eigenvalue weighted by atomic mass is 16.5. The largest absolute Gasteiger partial charge is 0.495 e. The molecule has 2 aromatic carbocycles. The van der Waals surface area contributed by atoms with Gasteiger partial charge in [-0.15, -0.1) is 0 Å². The lowest BCUT2D eigenvalue weighted by atomic mass is 10.1. The van der Waals surface area contributed by atoms with Crippen molar-refractivity contribution >= 4 is 23.5 Å². The number of ether oxygens (including phenoxy) is 3. The Bertz CT molecular complexity index is 1180. The van der Waals surface area contributed by atoms with E-state index < -0.39 is 0 Å². The van der Waals surface area contributed by atoms with Crippen molar-refractivity contribution in [2.45, 2.75) is 27.3 Å². The van der Waals surface area contributed by atoms with Crippen LogP contribution in [-0.2, 0) is 11.3 Å². The van der Waals surface area contributed by atoms with Crippen LogP contribution in [0.15, 0.2) is 54.7 Å². The summed E-state index contributed by atoms with van der Waals surface area (Å²) in [6.07, 6.45) is 4.81. The third kappa shape index (κ3) is 6.04. The number of hydrogen-bond acceptors (Lipinski definition) is 6. The molecule has 8 nitrogen and oxygen atoms in total. The first-order valence-corrected chi connectivity index (χ1v) is 11.0. The summed E-state index contributed by atoms with van der Waals surface area (Å²) in [5.74, 6) is 1.03. The standard InChI is InChI=1S/C26H29N3O5/c1-5-29-18(3)20(16-27-29)22(30)13-11-19-12-14-24(25(15-19)33-6-2)34-17-26(31)28-21-9-7-8-10-23(21)32-4/h7-16H,5-6,17H2,1-4H3,(H,28,31)/b13-11+. The third-order valence-corrected chi connectivity index (χ3v) is 5.10. The fourth-order valence-corrected chi connectivity index (χ4v) is 3.36. The second-order valence-electron chi connectivity index (χ2n) is 7.33. The van der Waals surface area contributed by atoms with Crippen LogP contribution in [0.1, 0.15) is 35.5 Å². The van der Waals surface area contributed by atoms with E-state index in [9.17, 15) is 9.59 Å². The third-order valence-electron chi connectivity index (χ3n) is 5.10. The van der Waals surface area contributed by atoms with Gasteiger partial charge in [0, 0.05) is 12.2 Å². The van der Waals surface area contributed by atoms with Crippen molar-refractivity contribution in [3.8, 4) is 17.2 Å². The number of carbonyl (C=O) groups excluding carboxylic acids is 2. The van der Waals surface area contributed by atoms with Gasteiger partial charge in [0.2, 0.25) is 0 Å². The SMILES string of the molecule is CCOc1cc(/C=C/C(=O)c2cnn(CC)c2C)ccc1OCC(=O)Nc1ccccc1OC. The van der Waals surface area contributed by atoms with E-state index in [4.69, 9.17) is 14.2 Å². The molecule has 1 aromatic heterocycles. The summed E-state index contributed by atoms with van der Waals surface area (Å²) in [5, 5.41) is 6.98. The number of nitrogens with one attached hydrogen (secondary N) is 1. The van der Waals surface area contributed by atoms with Crippen LogP contribution in [0, 0.1) is 6.92 Å². The number of rotatable bonds is 11. The molecular weight excluding hydrogens is 434 g/mol. The van der Waals surface area contributed by atoms with Crippen LogP contribution in [0.5, 0.6) is 17.2 Å². The van der Waals surface area contributed by atoms with Gasteiger partial charge < -0.3 is 19.5 Å². The molecule has 0 saturated heterocycles. The van der Waals surface area contributed by atoms with Gasteiger partial charge in [-0.2, -0.15) is 5.10 Å². The number of amides is 1. The predicted molar refractivity (Wildman–Crippen MR) is 131 cm³/mol. The second kappa shape index (κ2) is 11.7. The van der Waals surface area contributed by atoms with E-state index in [1.54, 1.807) is 60.5 Å². The lowest BCUT2D eigenvalue weighted by Crippen LogP contribution is -2.20. The smallest absolute Gasteiger partial charge is 0.262 e. The molecule has 34 heavy (non-hydrogen) atoms. The van der Waals surface area contributed by atoms with Gasteiger partial charge in [-0.1, -0.05) is 24.3 Å². The quantitative estimate of drug-likeness (QED) is 0.332. The van der Waals surface area contributed by atoms with Crippen molar-refractivity contribution in [2.75, 3.05) is 25.6 Å². The average molecular weight is 464 g/mol. The van der Waals surface area contributed by atoms with Crippen LogP contribution < -0.4 is 19.5 Å². The maximum atomic E-state index is 12.6. The molecule has 0 spiro atoms. The van der Waals surface area contributed by atoms with E-state index in [0.29, 0.717) is 41.7 Å². The Balaban J connectivity index is 1.67. The summed E-state index contributed by atoms with van der Waals surface area (Å²) in [6.45, 7) is 6.64. The molecule has 3 aromatic rings. The fraction of sp³-hybridized carbons (Fsp3) is 0.269. The zero-order valence-corrected chi connectivity index (χ0v) is 19.8. The van der Waals surface area contributed by atoms with E-state index in [1.165, 1.54) is 6.08 Å². The van der Waals surface area contributed by atoms with E-state index in [1.807, 2.05) is 26.8 Å². The van der Waals surface area contributed by atoms with Gasteiger partial charge in [0.1, 0.15) is 5.75 Å². The van der Waals surface area contributed by atoms with Crippen molar-refractivity contribution < 1.29 is 23.8 Å². The van der Waals surface area contributed by atoms with Gasteiger partial charge in [0.05, 0.1) is 31.2 Å². The Morgan fingerprint density at radius 1 is 1.06 bits per heavy atom. The molecule has 0 aliphatic carbocycles. The molecule has 0 fully saturated rings. The average Bonchev–Trinajstić information content (AvgIpc) is 3.22. The minimum Gasteiger partial charge on any atom is -0.495 e. The van der Waals surface area contributed by atoms with Gasteiger partial charge >= 0.3 is 0 Å². The fourth-order valence-electron chi connectivity index (χ4n) is 3.36. The monoisotopic (exact) mass is 463 g/mol. The number of ketones is 1. The van der Waals surface area contributed by atoms with E-state index in [-0.39, 0.29) is 18.3 Å². The maximum Gasteiger partial charge on any atom is 0.262 e. The van der Waals surface area contributed by atoms with Crippen LogP contribution in [0.25, 0.3) is 6.08 Å². The molecule has 0 aliphatic rings. The zero-order valence-electron chi connectivity index (χ0n) is 19.8. The lowest BCUT2D eigenvalue weighted by Gasteiger charge is -2.13. The number of benzene rings is 2. The molecule has 1 heterocycles. The Hall–Kier alpha value is -4.07. The molecule has 178 valence electrons. The minimum atomic E-state index is -0.329. The van der Waals surface area contributed by atoms with Crippen molar-refractivity contribution in [1.29, 1.82) is 0 Å². The number of para-hydroxylation sites is 2.